The fourth-order valence-corrected chi connectivity index (χ4v) is 2.89. The third kappa shape index (κ3) is 4.71. The van der Waals surface area contributed by atoms with Gasteiger partial charge < -0.3 is 10.2 Å². The summed E-state index contributed by atoms with van der Waals surface area (Å²) < 4.78 is 23.0. The standard InChI is InChI=1S/C14H29N3O2S.HI/c1-7-15-12(16-9-10-20(18,19)8-2)17-11-13(3,4)14(17,5)6;/h7-11H2,1-6H3,(H,15,16);1H. The molecule has 1 rings (SSSR count). The molecule has 1 saturated heterocycles. The Bertz CT molecular complexity index is 473. The lowest BCUT2D eigenvalue weighted by Gasteiger charge is -2.62. The normalized spacial score (nSPS) is 20.5. The SMILES string of the molecule is CCNC(=NCCS(=O)(=O)CC)N1CC(C)(C)C1(C)C.I. The maximum atomic E-state index is 11.5. The van der Waals surface area contributed by atoms with Crippen LogP contribution < -0.4 is 5.32 Å². The highest BCUT2D eigenvalue weighted by Gasteiger charge is 2.53. The van der Waals surface area contributed by atoms with E-state index in [2.05, 4.69) is 42.9 Å². The van der Waals surface area contributed by atoms with Gasteiger partial charge in [-0.3, -0.25) is 4.99 Å². The van der Waals surface area contributed by atoms with Crippen molar-refractivity contribution in [1.29, 1.82) is 0 Å². The van der Waals surface area contributed by atoms with E-state index in [1.807, 2.05) is 6.92 Å². The first-order valence-corrected chi connectivity index (χ1v) is 9.16. The van der Waals surface area contributed by atoms with Gasteiger partial charge in [0.2, 0.25) is 0 Å². The number of hydrogen-bond donors (Lipinski definition) is 1. The Labute approximate surface area is 146 Å². The van der Waals surface area contributed by atoms with E-state index in [4.69, 9.17) is 0 Å². The minimum atomic E-state index is -2.95. The predicted octanol–water partition coefficient (Wildman–Crippen LogP) is 2.13. The van der Waals surface area contributed by atoms with Crippen LogP contribution in [0.3, 0.4) is 0 Å². The van der Waals surface area contributed by atoms with Crippen LogP contribution in [0.1, 0.15) is 41.5 Å². The van der Waals surface area contributed by atoms with E-state index in [9.17, 15) is 8.42 Å². The summed E-state index contributed by atoms with van der Waals surface area (Å²) in [6.07, 6.45) is 0. The van der Waals surface area contributed by atoms with Crippen molar-refractivity contribution in [1.82, 2.24) is 10.2 Å². The van der Waals surface area contributed by atoms with Crippen LogP contribution in [0.4, 0.5) is 0 Å². The highest BCUT2D eigenvalue weighted by Crippen LogP contribution is 2.46. The number of nitrogens with one attached hydrogen (secondary N) is 1. The summed E-state index contributed by atoms with van der Waals surface area (Å²) in [5, 5.41) is 3.26. The van der Waals surface area contributed by atoms with Gasteiger partial charge in [-0.1, -0.05) is 20.8 Å². The third-order valence-corrected chi connectivity index (χ3v) is 6.26. The zero-order chi connectivity index (χ0) is 15.6. The van der Waals surface area contributed by atoms with Crippen molar-refractivity contribution in [2.75, 3.05) is 31.1 Å². The molecule has 1 N–H and O–H groups in total. The third-order valence-electron chi connectivity index (χ3n) is 4.58. The summed E-state index contributed by atoms with van der Waals surface area (Å²) in [6, 6.07) is 0. The molecule has 1 heterocycles. The van der Waals surface area contributed by atoms with Crippen LogP contribution >= 0.6 is 24.0 Å². The summed E-state index contributed by atoms with van der Waals surface area (Å²) in [4.78, 5) is 6.71. The fourth-order valence-electron chi connectivity index (χ4n) is 2.23. The molecule has 0 aromatic rings. The first-order chi connectivity index (χ1) is 9.07. The topological polar surface area (TPSA) is 61.8 Å². The zero-order valence-corrected chi connectivity index (χ0v) is 17.2. The molecule has 126 valence electrons. The Balaban J connectivity index is 0.00000400. The molecule has 0 amide bonds. The molecule has 0 aliphatic carbocycles. The van der Waals surface area contributed by atoms with Gasteiger partial charge in [-0.2, -0.15) is 0 Å². The van der Waals surface area contributed by atoms with Crippen LogP contribution in [-0.4, -0.2) is 56.0 Å². The molecule has 0 aromatic carbocycles. The van der Waals surface area contributed by atoms with E-state index in [1.54, 1.807) is 6.92 Å². The number of guanidine groups is 1. The number of aliphatic imine (C=N–C) groups is 1. The highest BCUT2D eigenvalue weighted by atomic mass is 127. The molecule has 0 radical (unpaired) electrons. The molecule has 1 fully saturated rings. The number of hydrogen-bond acceptors (Lipinski definition) is 3. The summed E-state index contributed by atoms with van der Waals surface area (Å²) in [5.41, 5.74) is 0.260. The van der Waals surface area contributed by atoms with E-state index in [1.165, 1.54) is 0 Å². The Morgan fingerprint density at radius 1 is 1.24 bits per heavy atom. The zero-order valence-electron chi connectivity index (χ0n) is 14.1. The second-order valence-electron chi connectivity index (χ2n) is 6.50. The molecule has 5 nitrogen and oxygen atoms in total. The first kappa shape index (κ1) is 20.9. The fraction of sp³-hybridized carbons (Fsp3) is 0.929. The largest absolute Gasteiger partial charge is 0.356 e. The van der Waals surface area contributed by atoms with Crippen LogP contribution in [0.2, 0.25) is 0 Å². The van der Waals surface area contributed by atoms with Crippen molar-refractivity contribution in [3.8, 4) is 0 Å². The van der Waals surface area contributed by atoms with Crippen LogP contribution in [0.5, 0.6) is 0 Å². The molecule has 0 atom stereocenters. The second-order valence-corrected chi connectivity index (χ2v) is 8.97. The number of likely N-dealkylation sites (tertiary alicyclic amines) is 1. The number of rotatable bonds is 5. The van der Waals surface area contributed by atoms with Gasteiger partial charge in [-0.25, -0.2) is 8.42 Å². The second kappa shape index (κ2) is 7.48. The van der Waals surface area contributed by atoms with Gasteiger partial charge in [0.1, 0.15) is 0 Å². The van der Waals surface area contributed by atoms with Gasteiger partial charge in [-0.15, -0.1) is 24.0 Å². The average Bonchev–Trinajstić information content (AvgIpc) is 2.35. The lowest BCUT2D eigenvalue weighted by Crippen LogP contribution is -2.72. The number of halogens is 1. The van der Waals surface area contributed by atoms with Crippen LogP contribution in [0.15, 0.2) is 4.99 Å². The summed E-state index contributed by atoms with van der Waals surface area (Å²) >= 11 is 0. The van der Waals surface area contributed by atoms with Crippen molar-refractivity contribution in [3.63, 3.8) is 0 Å². The number of sulfone groups is 1. The Morgan fingerprint density at radius 2 is 1.81 bits per heavy atom. The highest BCUT2D eigenvalue weighted by molar-refractivity contribution is 14.0. The van der Waals surface area contributed by atoms with Gasteiger partial charge in [-0.05, 0) is 20.8 Å². The Kier molecular flexibility index (Phi) is 7.46. The maximum Gasteiger partial charge on any atom is 0.194 e. The molecule has 0 spiro atoms. The quantitative estimate of drug-likeness (QED) is 0.412. The van der Waals surface area contributed by atoms with Crippen LogP contribution in [0.25, 0.3) is 0 Å². The summed E-state index contributed by atoms with van der Waals surface area (Å²) in [5.74, 6) is 1.13. The maximum absolute atomic E-state index is 11.5. The monoisotopic (exact) mass is 431 g/mol. The average molecular weight is 431 g/mol. The van der Waals surface area contributed by atoms with E-state index in [0.29, 0.717) is 6.54 Å². The first-order valence-electron chi connectivity index (χ1n) is 7.34. The molecule has 0 aromatic heterocycles. The molecule has 21 heavy (non-hydrogen) atoms. The van der Waals surface area contributed by atoms with Crippen molar-refractivity contribution >= 4 is 39.8 Å². The lowest BCUT2D eigenvalue weighted by atomic mass is 9.65. The van der Waals surface area contributed by atoms with E-state index in [-0.39, 0.29) is 46.4 Å². The van der Waals surface area contributed by atoms with Crippen molar-refractivity contribution in [3.05, 3.63) is 0 Å². The van der Waals surface area contributed by atoms with Crippen molar-refractivity contribution < 1.29 is 8.42 Å². The Hall–Kier alpha value is -0.0500. The molecule has 0 bridgehead atoms. The summed E-state index contributed by atoms with van der Waals surface area (Å²) in [7, 11) is -2.95. The van der Waals surface area contributed by atoms with E-state index in [0.717, 1.165) is 19.0 Å². The molecule has 0 unspecified atom stereocenters. The number of nitrogens with zero attached hydrogens (tertiary/aromatic N) is 2. The van der Waals surface area contributed by atoms with Gasteiger partial charge >= 0.3 is 0 Å². The van der Waals surface area contributed by atoms with Crippen LogP contribution in [-0.2, 0) is 9.84 Å². The minimum absolute atomic E-state index is 0. The van der Waals surface area contributed by atoms with Gasteiger partial charge in [0.05, 0.1) is 12.3 Å². The Morgan fingerprint density at radius 3 is 2.19 bits per heavy atom. The minimum Gasteiger partial charge on any atom is -0.356 e. The van der Waals surface area contributed by atoms with Gasteiger partial charge in [0.25, 0.3) is 0 Å². The molecular weight excluding hydrogens is 401 g/mol. The summed E-state index contributed by atoms with van der Waals surface area (Å²) in [6.45, 7) is 14.6. The van der Waals surface area contributed by atoms with E-state index >= 15 is 0 Å². The van der Waals surface area contributed by atoms with E-state index < -0.39 is 9.84 Å². The van der Waals surface area contributed by atoms with Crippen molar-refractivity contribution in [2.45, 2.75) is 47.1 Å². The molecule has 7 heteroatoms. The predicted molar refractivity (Wildman–Crippen MR) is 100 cm³/mol. The van der Waals surface area contributed by atoms with Crippen molar-refractivity contribution in [2.24, 2.45) is 10.4 Å². The van der Waals surface area contributed by atoms with Gasteiger partial charge in [0.15, 0.2) is 15.8 Å². The molecular formula is C14H30IN3O2S. The van der Waals surface area contributed by atoms with Crippen LogP contribution in [0, 0.1) is 5.41 Å². The molecule has 1 aliphatic rings. The molecule has 0 saturated carbocycles. The molecule has 1 aliphatic heterocycles. The smallest absolute Gasteiger partial charge is 0.194 e. The lowest BCUT2D eigenvalue weighted by molar-refractivity contribution is -0.0667. The van der Waals surface area contributed by atoms with Gasteiger partial charge in [0, 0.05) is 29.8 Å².